The first kappa shape index (κ1) is 20.0. The van der Waals surface area contributed by atoms with Gasteiger partial charge in [-0.1, -0.05) is 6.07 Å². The van der Waals surface area contributed by atoms with E-state index in [0.717, 1.165) is 0 Å². The van der Waals surface area contributed by atoms with Gasteiger partial charge in [0.25, 0.3) is 11.6 Å². The first-order chi connectivity index (χ1) is 13.2. The third kappa shape index (κ3) is 3.90. The number of rotatable bonds is 4. The summed E-state index contributed by atoms with van der Waals surface area (Å²) in [5.41, 5.74) is 0.591. The Balaban J connectivity index is 1.76. The van der Waals surface area contributed by atoms with Gasteiger partial charge >= 0.3 is 0 Å². The van der Waals surface area contributed by atoms with Gasteiger partial charge in [0.1, 0.15) is 4.90 Å². The molecule has 28 heavy (non-hydrogen) atoms. The summed E-state index contributed by atoms with van der Waals surface area (Å²) >= 11 is 0. The molecule has 1 aliphatic rings. The van der Waals surface area contributed by atoms with Crippen molar-refractivity contribution in [1.82, 2.24) is 19.0 Å². The number of benzene rings is 1. The smallest absolute Gasteiger partial charge is 0.273 e. The van der Waals surface area contributed by atoms with Crippen molar-refractivity contribution in [3.8, 4) is 0 Å². The summed E-state index contributed by atoms with van der Waals surface area (Å²) < 4.78 is 28.3. The quantitative estimate of drug-likeness (QED) is 0.554. The predicted molar refractivity (Wildman–Crippen MR) is 100 cm³/mol. The van der Waals surface area contributed by atoms with Crippen LogP contribution in [-0.2, 0) is 17.1 Å². The van der Waals surface area contributed by atoms with Crippen molar-refractivity contribution in [3.05, 3.63) is 51.8 Å². The second-order valence-corrected chi connectivity index (χ2v) is 8.60. The zero-order chi connectivity index (χ0) is 20.5. The number of amides is 1. The van der Waals surface area contributed by atoms with Crippen molar-refractivity contribution >= 4 is 21.6 Å². The number of nitro groups is 1. The molecule has 1 aromatic heterocycles. The monoisotopic (exact) mass is 407 g/mol. The van der Waals surface area contributed by atoms with Crippen molar-refractivity contribution in [2.75, 3.05) is 26.2 Å². The highest BCUT2D eigenvalue weighted by Crippen LogP contribution is 2.22. The number of aromatic nitrogens is 2. The highest BCUT2D eigenvalue weighted by atomic mass is 32.2. The van der Waals surface area contributed by atoms with Crippen molar-refractivity contribution < 1.29 is 18.1 Å². The van der Waals surface area contributed by atoms with Crippen LogP contribution in [-0.4, -0.2) is 64.4 Å². The standard InChI is InChI=1S/C17H21N5O5S/c1-13-4-5-14(10-16(13)22(24)25)17(23)20-6-3-7-21(9-8-20)28(26,27)15-11-18-19(2)12-15/h4-5,10-12H,3,6-9H2,1-2H3. The Morgan fingerprint density at radius 2 is 1.96 bits per heavy atom. The second kappa shape index (κ2) is 7.68. The lowest BCUT2D eigenvalue weighted by Gasteiger charge is -2.21. The van der Waals surface area contributed by atoms with Gasteiger partial charge in [-0.25, -0.2) is 8.42 Å². The average Bonchev–Trinajstić information content (AvgIpc) is 2.94. The molecule has 11 heteroatoms. The number of nitro benzene ring substituents is 1. The first-order valence-electron chi connectivity index (χ1n) is 8.73. The maximum atomic E-state index is 12.8. The first-order valence-corrected chi connectivity index (χ1v) is 10.2. The lowest BCUT2D eigenvalue weighted by atomic mass is 10.1. The molecule has 2 aromatic rings. The van der Waals surface area contributed by atoms with Crippen molar-refractivity contribution in [1.29, 1.82) is 0 Å². The van der Waals surface area contributed by atoms with Crippen LogP contribution in [0.3, 0.4) is 0 Å². The van der Waals surface area contributed by atoms with Crippen LogP contribution in [0.4, 0.5) is 5.69 Å². The molecule has 2 heterocycles. The van der Waals surface area contributed by atoms with E-state index in [1.54, 1.807) is 26.1 Å². The van der Waals surface area contributed by atoms with Gasteiger partial charge in [0.15, 0.2) is 0 Å². The summed E-state index contributed by atoms with van der Waals surface area (Å²) in [6, 6.07) is 4.37. The fourth-order valence-electron chi connectivity index (χ4n) is 3.14. The van der Waals surface area contributed by atoms with Gasteiger partial charge in [-0.05, 0) is 19.4 Å². The topological polar surface area (TPSA) is 119 Å². The van der Waals surface area contributed by atoms with E-state index in [1.165, 1.54) is 32.3 Å². The van der Waals surface area contributed by atoms with Crippen LogP contribution in [0.25, 0.3) is 0 Å². The van der Waals surface area contributed by atoms with Gasteiger partial charge in [0, 0.05) is 56.6 Å². The molecule has 0 aliphatic carbocycles. The fourth-order valence-corrected chi connectivity index (χ4v) is 4.60. The SMILES string of the molecule is Cc1ccc(C(=O)N2CCCN(S(=O)(=O)c3cnn(C)c3)CC2)cc1[N+](=O)[O-]. The Bertz CT molecular complexity index is 1020. The summed E-state index contributed by atoms with van der Waals surface area (Å²) in [6.07, 6.45) is 3.21. The molecule has 0 spiro atoms. The number of aryl methyl sites for hydroxylation is 2. The summed E-state index contributed by atoms with van der Waals surface area (Å²) in [5.74, 6) is -0.344. The third-order valence-corrected chi connectivity index (χ3v) is 6.57. The molecule has 150 valence electrons. The Labute approximate surface area is 162 Å². The lowest BCUT2D eigenvalue weighted by Crippen LogP contribution is -2.37. The van der Waals surface area contributed by atoms with Gasteiger partial charge in [-0.3, -0.25) is 19.6 Å². The molecule has 0 saturated carbocycles. The third-order valence-electron chi connectivity index (χ3n) is 4.71. The Hall–Kier alpha value is -2.79. The zero-order valence-corrected chi connectivity index (χ0v) is 16.4. The number of sulfonamides is 1. The van der Waals surface area contributed by atoms with E-state index in [-0.39, 0.29) is 41.7 Å². The molecule has 1 aromatic carbocycles. The van der Waals surface area contributed by atoms with Crippen LogP contribution in [0.1, 0.15) is 22.3 Å². The van der Waals surface area contributed by atoms with Gasteiger partial charge in [0.2, 0.25) is 10.0 Å². The van der Waals surface area contributed by atoms with E-state index in [0.29, 0.717) is 18.5 Å². The van der Waals surface area contributed by atoms with E-state index in [4.69, 9.17) is 0 Å². The number of nitrogens with zero attached hydrogens (tertiary/aromatic N) is 5. The summed E-state index contributed by atoms with van der Waals surface area (Å²) in [6.45, 7) is 2.63. The molecule has 1 fully saturated rings. The van der Waals surface area contributed by atoms with Crippen LogP contribution in [0.5, 0.6) is 0 Å². The van der Waals surface area contributed by atoms with Crippen LogP contribution in [0.15, 0.2) is 35.5 Å². The van der Waals surface area contributed by atoms with E-state index in [1.807, 2.05) is 0 Å². The van der Waals surface area contributed by atoms with E-state index in [2.05, 4.69) is 5.10 Å². The molecule has 10 nitrogen and oxygen atoms in total. The molecular formula is C17H21N5O5S. The summed E-state index contributed by atoms with van der Waals surface area (Å²) in [7, 11) is -2.04. The Morgan fingerprint density at radius 3 is 2.61 bits per heavy atom. The van der Waals surface area contributed by atoms with Crippen molar-refractivity contribution in [3.63, 3.8) is 0 Å². The number of hydrogen-bond donors (Lipinski definition) is 0. The molecule has 1 saturated heterocycles. The molecule has 1 aliphatic heterocycles. The Morgan fingerprint density at radius 1 is 1.21 bits per heavy atom. The number of carbonyl (C=O) groups excluding carboxylic acids is 1. The average molecular weight is 407 g/mol. The van der Waals surface area contributed by atoms with E-state index in [9.17, 15) is 23.3 Å². The number of carbonyl (C=O) groups is 1. The molecule has 0 atom stereocenters. The molecule has 3 rings (SSSR count). The number of hydrogen-bond acceptors (Lipinski definition) is 6. The van der Waals surface area contributed by atoms with Crippen molar-refractivity contribution in [2.45, 2.75) is 18.2 Å². The van der Waals surface area contributed by atoms with Gasteiger partial charge in [0.05, 0.1) is 11.1 Å². The second-order valence-electron chi connectivity index (χ2n) is 6.66. The zero-order valence-electron chi connectivity index (χ0n) is 15.6. The van der Waals surface area contributed by atoms with Crippen molar-refractivity contribution in [2.24, 2.45) is 7.05 Å². The van der Waals surface area contributed by atoms with Gasteiger partial charge in [-0.15, -0.1) is 0 Å². The maximum absolute atomic E-state index is 12.8. The lowest BCUT2D eigenvalue weighted by molar-refractivity contribution is -0.385. The minimum atomic E-state index is -3.68. The largest absolute Gasteiger partial charge is 0.337 e. The molecular weight excluding hydrogens is 386 g/mol. The Kier molecular flexibility index (Phi) is 5.47. The van der Waals surface area contributed by atoms with Crippen LogP contribution >= 0.6 is 0 Å². The highest BCUT2D eigenvalue weighted by molar-refractivity contribution is 7.89. The van der Waals surface area contributed by atoms with Crippen LogP contribution in [0.2, 0.25) is 0 Å². The highest BCUT2D eigenvalue weighted by Gasteiger charge is 2.29. The van der Waals surface area contributed by atoms with Gasteiger partial charge in [-0.2, -0.15) is 9.40 Å². The maximum Gasteiger partial charge on any atom is 0.273 e. The van der Waals surface area contributed by atoms with E-state index < -0.39 is 14.9 Å². The molecule has 0 bridgehead atoms. The molecule has 1 amide bonds. The molecule has 0 unspecified atom stereocenters. The minimum Gasteiger partial charge on any atom is -0.337 e. The van der Waals surface area contributed by atoms with Crippen LogP contribution < -0.4 is 0 Å². The van der Waals surface area contributed by atoms with E-state index >= 15 is 0 Å². The normalized spacial score (nSPS) is 16.0. The molecule has 0 radical (unpaired) electrons. The van der Waals surface area contributed by atoms with Gasteiger partial charge < -0.3 is 4.90 Å². The predicted octanol–water partition coefficient (Wildman–Crippen LogP) is 1.17. The summed E-state index contributed by atoms with van der Waals surface area (Å²) in [5, 5.41) is 15.0. The fraction of sp³-hybridized carbons (Fsp3) is 0.412. The van der Waals surface area contributed by atoms with Crippen LogP contribution in [0, 0.1) is 17.0 Å². The summed E-state index contributed by atoms with van der Waals surface area (Å²) in [4.78, 5) is 25.0. The molecule has 0 N–H and O–H groups in total. The minimum absolute atomic E-state index is 0.110.